The van der Waals surface area contributed by atoms with Crippen molar-refractivity contribution in [2.24, 2.45) is 0 Å². The first-order valence-corrected chi connectivity index (χ1v) is 8.74. The molecular formula is C14H20N2OS2. The van der Waals surface area contributed by atoms with Crippen LogP contribution in [0.3, 0.4) is 0 Å². The van der Waals surface area contributed by atoms with Gasteiger partial charge in [0.15, 0.2) is 0 Å². The Morgan fingerprint density at radius 1 is 1.42 bits per heavy atom. The molecule has 2 rings (SSSR count). The van der Waals surface area contributed by atoms with Crippen molar-refractivity contribution >= 4 is 29.4 Å². The van der Waals surface area contributed by atoms with Crippen LogP contribution in [-0.4, -0.2) is 42.3 Å². The van der Waals surface area contributed by atoms with Crippen LogP contribution in [0.5, 0.6) is 0 Å². The zero-order chi connectivity index (χ0) is 13.3. The van der Waals surface area contributed by atoms with E-state index in [2.05, 4.69) is 22.8 Å². The molecule has 19 heavy (non-hydrogen) atoms. The Morgan fingerprint density at radius 2 is 2.26 bits per heavy atom. The van der Waals surface area contributed by atoms with Gasteiger partial charge in [-0.3, -0.25) is 4.79 Å². The Balaban J connectivity index is 1.56. The number of nitrogens with one attached hydrogen (secondary N) is 2. The molecule has 1 heterocycles. The third-order valence-corrected chi connectivity index (χ3v) is 5.01. The van der Waals surface area contributed by atoms with Crippen LogP contribution in [-0.2, 0) is 4.79 Å². The maximum absolute atomic E-state index is 11.8. The largest absolute Gasteiger partial charge is 0.355 e. The summed E-state index contributed by atoms with van der Waals surface area (Å²) in [5.41, 5.74) is 0. The highest BCUT2D eigenvalue weighted by Gasteiger charge is 2.16. The van der Waals surface area contributed by atoms with Crippen molar-refractivity contribution in [2.75, 3.05) is 30.3 Å². The van der Waals surface area contributed by atoms with Gasteiger partial charge in [0.1, 0.15) is 0 Å². The first-order valence-electron chi connectivity index (χ1n) is 6.60. The summed E-state index contributed by atoms with van der Waals surface area (Å²) < 4.78 is 0. The zero-order valence-electron chi connectivity index (χ0n) is 10.9. The number of thioether (sulfide) groups is 2. The lowest BCUT2D eigenvalue weighted by molar-refractivity contribution is -0.121. The fourth-order valence-electron chi connectivity index (χ4n) is 1.92. The number of carbonyl (C=O) groups excluding carboxylic acids is 1. The van der Waals surface area contributed by atoms with E-state index >= 15 is 0 Å². The van der Waals surface area contributed by atoms with E-state index in [4.69, 9.17) is 0 Å². The van der Waals surface area contributed by atoms with Crippen LogP contribution in [0.1, 0.15) is 6.42 Å². The summed E-state index contributed by atoms with van der Waals surface area (Å²) in [7, 11) is 0. The number of rotatable bonds is 6. The molecule has 0 spiro atoms. The average Bonchev–Trinajstić information content (AvgIpc) is 2.46. The first kappa shape index (κ1) is 14.8. The highest BCUT2D eigenvalue weighted by molar-refractivity contribution is 7.99. The summed E-state index contributed by atoms with van der Waals surface area (Å²) in [5.74, 6) is 3.29. The monoisotopic (exact) mass is 296 g/mol. The van der Waals surface area contributed by atoms with Gasteiger partial charge in [-0.2, -0.15) is 11.8 Å². The summed E-state index contributed by atoms with van der Waals surface area (Å²) in [4.78, 5) is 13.0. The maximum Gasteiger partial charge on any atom is 0.221 e. The molecule has 3 nitrogen and oxygen atoms in total. The van der Waals surface area contributed by atoms with E-state index in [1.807, 2.05) is 30.0 Å². The molecule has 0 bridgehead atoms. The highest BCUT2D eigenvalue weighted by Crippen LogP contribution is 2.15. The topological polar surface area (TPSA) is 41.1 Å². The van der Waals surface area contributed by atoms with Crippen molar-refractivity contribution in [3.63, 3.8) is 0 Å². The maximum atomic E-state index is 11.8. The highest BCUT2D eigenvalue weighted by atomic mass is 32.2. The van der Waals surface area contributed by atoms with Crippen LogP contribution in [0.2, 0.25) is 0 Å². The van der Waals surface area contributed by atoms with Crippen LogP contribution in [0.4, 0.5) is 0 Å². The lowest BCUT2D eigenvalue weighted by Crippen LogP contribution is -2.41. The fraction of sp³-hybridized carbons (Fsp3) is 0.500. The Hall–Kier alpha value is -0.650. The summed E-state index contributed by atoms with van der Waals surface area (Å²) in [6, 6.07) is 10.6. The van der Waals surface area contributed by atoms with Gasteiger partial charge < -0.3 is 10.6 Å². The fourth-order valence-corrected chi connectivity index (χ4v) is 3.66. The zero-order valence-corrected chi connectivity index (χ0v) is 12.6. The van der Waals surface area contributed by atoms with E-state index in [9.17, 15) is 4.79 Å². The molecule has 1 aliphatic rings. The molecular weight excluding hydrogens is 276 g/mol. The minimum atomic E-state index is 0.161. The van der Waals surface area contributed by atoms with E-state index in [1.54, 1.807) is 11.8 Å². The Labute approximate surface area is 123 Å². The van der Waals surface area contributed by atoms with Crippen LogP contribution in [0.25, 0.3) is 0 Å². The summed E-state index contributed by atoms with van der Waals surface area (Å²) in [5, 5.41) is 6.37. The first-order chi connectivity index (χ1) is 9.34. The smallest absolute Gasteiger partial charge is 0.221 e. The quantitative estimate of drug-likeness (QED) is 0.622. The molecule has 1 aromatic rings. The molecule has 0 radical (unpaired) electrons. The molecule has 104 valence electrons. The second-order valence-electron chi connectivity index (χ2n) is 4.44. The van der Waals surface area contributed by atoms with Gasteiger partial charge in [-0.05, 0) is 12.1 Å². The number of benzene rings is 1. The third kappa shape index (κ3) is 5.89. The Kier molecular flexibility index (Phi) is 6.61. The van der Waals surface area contributed by atoms with E-state index in [0.29, 0.717) is 12.5 Å². The Bertz CT molecular complexity index is 380. The SMILES string of the molecule is O=C(CC1CSCCN1)NCCSc1ccccc1. The van der Waals surface area contributed by atoms with Gasteiger partial charge in [0.2, 0.25) is 5.91 Å². The summed E-state index contributed by atoms with van der Waals surface area (Å²) in [6.45, 7) is 1.75. The standard InChI is InChI=1S/C14H20N2OS2/c17-14(10-12-11-18-8-6-15-12)16-7-9-19-13-4-2-1-3-5-13/h1-5,12,15H,6-11H2,(H,16,17). The minimum Gasteiger partial charge on any atom is -0.355 e. The van der Waals surface area contributed by atoms with Crippen molar-refractivity contribution in [3.05, 3.63) is 30.3 Å². The molecule has 1 atom stereocenters. The number of hydrogen-bond donors (Lipinski definition) is 2. The average molecular weight is 296 g/mol. The molecule has 5 heteroatoms. The number of carbonyl (C=O) groups is 1. The molecule has 1 unspecified atom stereocenters. The van der Waals surface area contributed by atoms with E-state index in [1.165, 1.54) is 4.90 Å². The predicted octanol–water partition coefficient (Wildman–Crippen LogP) is 1.99. The van der Waals surface area contributed by atoms with Gasteiger partial charge in [0.05, 0.1) is 0 Å². The number of amides is 1. The van der Waals surface area contributed by atoms with Crippen LogP contribution in [0.15, 0.2) is 35.2 Å². The summed E-state index contributed by atoms with van der Waals surface area (Å²) >= 11 is 3.70. The lowest BCUT2D eigenvalue weighted by Gasteiger charge is -2.22. The van der Waals surface area contributed by atoms with E-state index < -0.39 is 0 Å². The summed E-state index contributed by atoms with van der Waals surface area (Å²) in [6.07, 6.45) is 0.600. The van der Waals surface area contributed by atoms with Gasteiger partial charge in [-0.25, -0.2) is 0 Å². The van der Waals surface area contributed by atoms with Crippen LogP contribution in [0, 0.1) is 0 Å². The van der Waals surface area contributed by atoms with Crippen LogP contribution >= 0.6 is 23.5 Å². The molecule has 0 aliphatic carbocycles. The molecule has 1 aliphatic heterocycles. The lowest BCUT2D eigenvalue weighted by atomic mass is 10.2. The molecule has 0 aromatic heterocycles. The van der Waals surface area contributed by atoms with E-state index in [-0.39, 0.29) is 5.91 Å². The minimum absolute atomic E-state index is 0.161. The van der Waals surface area contributed by atoms with E-state index in [0.717, 1.165) is 30.3 Å². The van der Waals surface area contributed by atoms with Gasteiger partial charge >= 0.3 is 0 Å². The van der Waals surface area contributed by atoms with Gasteiger partial charge in [-0.15, -0.1) is 11.8 Å². The van der Waals surface area contributed by atoms with Crippen LogP contribution < -0.4 is 10.6 Å². The van der Waals surface area contributed by atoms with Gasteiger partial charge in [0, 0.05) is 47.7 Å². The second kappa shape index (κ2) is 8.51. The Morgan fingerprint density at radius 3 is 3.00 bits per heavy atom. The molecule has 1 aromatic carbocycles. The molecule has 1 fully saturated rings. The molecule has 1 saturated heterocycles. The second-order valence-corrected chi connectivity index (χ2v) is 6.76. The van der Waals surface area contributed by atoms with Crippen molar-refractivity contribution in [2.45, 2.75) is 17.4 Å². The van der Waals surface area contributed by atoms with Gasteiger partial charge in [0.25, 0.3) is 0 Å². The normalized spacial score (nSPS) is 19.1. The van der Waals surface area contributed by atoms with Gasteiger partial charge in [-0.1, -0.05) is 18.2 Å². The number of hydrogen-bond acceptors (Lipinski definition) is 4. The molecule has 0 saturated carbocycles. The van der Waals surface area contributed by atoms with Crippen molar-refractivity contribution in [3.8, 4) is 0 Å². The molecule has 1 amide bonds. The predicted molar refractivity (Wildman–Crippen MR) is 83.9 cm³/mol. The van der Waals surface area contributed by atoms with Crippen molar-refractivity contribution in [1.29, 1.82) is 0 Å². The third-order valence-electron chi connectivity index (χ3n) is 2.87. The van der Waals surface area contributed by atoms with Crippen molar-refractivity contribution < 1.29 is 4.79 Å². The van der Waals surface area contributed by atoms with Crippen molar-refractivity contribution in [1.82, 2.24) is 10.6 Å². The molecule has 2 N–H and O–H groups in total.